The molecule has 1 fully saturated rings. The molecule has 0 saturated carbocycles. The highest BCUT2D eigenvalue weighted by Crippen LogP contribution is 2.47. The van der Waals surface area contributed by atoms with Gasteiger partial charge in [-0.2, -0.15) is 0 Å². The topological polar surface area (TPSA) is 83.8 Å². The number of carbonyl (C=O) groups is 2. The van der Waals surface area contributed by atoms with Crippen LogP contribution in [0.5, 0.6) is 0 Å². The molecule has 0 amide bonds. The molecule has 5 heteroatoms. The van der Waals surface area contributed by atoms with Crippen molar-refractivity contribution in [2.24, 2.45) is 0 Å². The number of hydrogen-bond donors (Lipinski definition) is 2. The van der Waals surface area contributed by atoms with Gasteiger partial charge in [-0.1, -0.05) is 0 Å². The molecule has 0 aromatic heterocycles. The van der Waals surface area contributed by atoms with Crippen molar-refractivity contribution in [1.29, 1.82) is 0 Å². The van der Waals surface area contributed by atoms with Gasteiger partial charge in [-0.15, -0.1) is 0 Å². The standard InChI is InChI=1S/C9H10O5/c1-9-3-2-4(14-9)5(7(10)11)6(9)8(12)13/h4H,2-3H2,1H3,(H,10,11)(H,12,13). The first-order valence-corrected chi connectivity index (χ1v) is 4.35. The van der Waals surface area contributed by atoms with Crippen molar-refractivity contribution in [2.75, 3.05) is 0 Å². The quantitative estimate of drug-likeness (QED) is 0.671. The second-order valence-corrected chi connectivity index (χ2v) is 3.78. The molecule has 0 aliphatic carbocycles. The molecule has 2 aliphatic rings. The van der Waals surface area contributed by atoms with Crippen molar-refractivity contribution in [3.8, 4) is 0 Å². The van der Waals surface area contributed by atoms with Crippen LogP contribution >= 0.6 is 0 Å². The highest BCUT2D eigenvalue weighted by atomic mass is 16.5. The Morgan fingerprint density at radius 1 is 1.43 bits per heavy atom. The number of ether oxygens (including phenoxy) is 1. The SMILES string of the molecule is CC12CCC(O1)C(C(=O)O)=C2C(=O)O. The highest BCUT2D eigenvalue weighted by molar-refractivity contribution is 6.02. The molecule has 14 heavy (non-hydrogen) atoms. The third-order valence-electron chi connectivity index (χ3n) is 2.85. The first-order valence-electron chi connectivity index (χ1n) is 4.35. The molecule has 2 atom stereocenters. The minimum Gasteiger partial charge on any atom is -0.478 e. The summed E-state index contributed by atoms with van der Waals surface area (Å²) in [5.41, 5.74) is -1.06. The predicted octanol–water partition coefficient (Wildman–Crippen LogP) is 0.404. The maximum Gasteiger partial charge on any atom is 0.335 e. The summed E-state index contributed by atoms with van der Waals surface area (Å²) in [6.45, 7) is 1.63. The first kappa shape index (κ1) is 9.21. The van der Waals surface area contributed by atoms with Gasteiger partial charge < -0.3 is 14.9 Å². The number of aliphatic carboxylic acids is 2. The van der Waals surface area contributed by atoms with E-state index in [-0.39, 0.29) is 11.1 Å². The average Bonchev–Trinajstić information content (AvgIpc) is 2.55. The van der Waals surface area contributed by atoms with Crippen molar-refractivity contribution >= 4 is 11.9 Å². The Morgan fingerprint density at radius 2 is 2.07 bits per heavy atom. The molecule has 2 unspecified atom stereocenters. The Morgan fingerprint density at radius 3 is 2.50 bits per heavy atom. The summed E-state index contributed by atoms with van der Waals surface area (Å²) in [5, 5.41) is 17.8. The van der Waals surface area contributed by atoms with Crippen LogP contribution in [0.15, 0.2) is 11.1 Å². The van der Waals surface area contributed by atoms with Crippen LogP contribution in [0.2, 0.25) is 0 Å². The summed E-state index contributed by atoms with van der Waals surface area (Å²) in [6, 6.07) is 0. The zero-order chi connectivity index (χ0) is 10.5. The number of fused-ring (bicyclic) bond motifs is 2. The van der Waals surface area contributed by atoms with Crippen molar-refractivity contribution in [3.05, 3.63) is 11.1 Å². The Kier molecular flexibility index (Phi) is 1.69. The monoisotopic (exact) mass is 198 g/mol. The van der Waals surface area contributed by atoms with Gasteiger partial charge in [-0.3, -0.25) is 0 Å². The van der Waals surface area contributed by atoms with Crippen LogP contribution < -0.4 is 0 Å². The molecule has 2 heterocycles. The molecule has 76 valence electrons. The fourth-order valence-electron chi connectivity index (χ4n) is 2.26. The molecule has 1 saturated heterocycles. The lowest BCUT2D eigenvalue weighted by Gasteiger charge is -2.20. The van der Waals surface area contributed by atoms with E-state index >= 15 is 0 Å². The third kappa shape index (κ3) is 0.988. The molecule has 2 rings (SSSR count). The summed E-state index contributed by atoms with van der Waals surface area (Å²) in [5.74, 6) is -2.37. The second-order valence-electron chi connectivity index (χ2n) is 3.78. The van der Waals surface area contributed by atoms with Gasteiger partial charge in [0.25, 0.3) is 0 Å². The molecule has 0 spiro atoms. The van der Waals surface area contributed by atoms with E-state index in [4.69, 9.17) is 14.9 Å². The molecule has 2 bridgehead atoms. The zero-order valence-electron chi connectivity index (χ0n) is 7.61. The summed E-state index contributed by atoms with van der Waals surface area (Å²) in [4.78, 5) is 21.8. The molecule has 2 N–H and O–H groups in total. The number of carboxylic acid groups (broad SMARTS) is 2. The second kappa shape index (κ2) is 2.57. The van der Waals surface area contributed by atoms with Crippen molar-refractivity contribution in [1.82, 2.24) is 0 Å². The minimum atomic E-state index is -1.19. The van der Waals surface area contributed by atoms with Gasteiger partial charge in [0.15, 0.2) is 0 Å². The van der Waals surface area contributed by atoms with Crippen LogP contribution in [0.25, 0.3) is 0 Å². The Balaban J connectivity index is 2.56. The highest BCUT2D eigenvalue weighted by Gasteiger charge is 2.54. The van der Waals surface area contributed by atoms with Crippen LogP contribution in [0.3, 0.4) is 0 Å². The van der Waals surface area contributed by atoms with Gasteiger partial charge in [0, 0.05) is 0 Å². The smallest absolute Gasteiger partial charge is 0.335 e. The fraction of sp³-hybridized carbons (Fsp3) is 0.556. The maximum atomic E-state index is 10.9. The largest absolute Gasteiger partial charge is 0.478 e. The van der Waals surface area contributed by atoms with E-state index in [1.807, 2.05) is 0 Å². The van der Waals surface area contributed by atoms with Crippen LogP contribution in [-0.4, -0.2) is 33.9 Å². The van der Waals surface area contributed by atoms with Gasteiger partial charge >= 0.3 is 11.9 Å². The van der Waals surface area contributed by atoms with Crippen LogP contribution in [-0.2, 0) is 14.3 Å². The molecule has 5 nitrogen and oxygen atoms in total. The number of carboxylic acids is 2. The first-order chi connectivity index (χ1) is 6.46. The van der Waals surface area contributed by atoms with Crippen LogP contribution in [0.4, 0.5) is 0 Å². The summed E-state index contributed by atoms with van der Waals surface area (Å²) in [7, 11) is 0. The van der Waals surface area contributed by atoms with E-state index in [9.17, 15) is 9.59 Å². The van der Waals surface area contributed by atoms with Crippen molar-refractivity contribution in [2.45, 2.75) is 31.5 Å². The van der Waals surface area contributed by atoms with Crippen LogP contribution in [0.1, 0.15) is 19.8 Å². The minimum absolute atomic E-state index is 0.0775. The lowest BCUT2D eigenvalue weighted by atomic mass is 9.83. The molecule has 0 aromatic carbocycles. The Hall–Kier alpha value is -1.36. The van der Waals surface area contributed by atoms with Gasteiger partial charge in [0.1, 0.15) is 0 Å². The fourth-order valence-corrected chi connectivity index (χ4v) is 2.26. The lowest BCUT2D eigenvalue weighted by Crippen LogP contribution is -2.29. The van der Waals surface area contributed by atoms with Gasteiger partial charge in [0.2, 0.25) is 0 Å². The van der Waals surface area contributed by atoms with Gasteiger partial charge in [-0.05, 0) is 19.8 Å². The molecule has 0 radical (unpaired) electrons. The normalized spacial score (nSPS) is 35.1. The summed E-state index contributed by atoms with van der Waals surface area (Å²) >= 11 is 0. The average molecular weight is 198 g/mol. The molecule has 0 aromatic rings. The lowest BCUT2D eigenvalue weighted by molar-refractivity contribution is -0.136. The van der Waals surface area contributed by atoms with Gasteiger partial charge in [0.05, 0.1) is 22.9 Å². The number of hydrogen-bond acceptors (Lipinski definition) is 3. The molecular formula is C9H10O5. The maximum absolute atomic E-state index is 10.9. The van der Waals surface area contributed by atoms with E-state index in [1.54, 1.807) is 6.92 Å². The van der Waals surface area contributed by atoms with Crippen LogP contribution in [0, 0.1) is 0 Å². The van der Waals surface area contributed by atoms with Crippen molar-refractivity contribution < 1.29 is 24.5 Å². The van der Waals surface area contributed by atoms with E-state index in [0.29, 0.717) is 12.8 Å². The Labute approximate surface area is 80.0 Å². The van der Waals surface area contributed by atoms with Crippen molar-refractivity contribution in [3.63, 3.8) is 0 Å². The molecule has 2 aliphatic heterocycles. The molecular weight excluding hydrogens is 188 g/mol. The van der Waals surface area contributed by atoms with E-state index in [0.717, 1.165) is 0 Å². The number of rotatable bonds is 2. The Bertz CT molecular complexity index is 356. The predicted molar refractivity (Wildman–Crippen MR) is 44.8 cm³/mol. The van der Waals surface area contributed by atoms with E-state index < -0.39 is 23.6 Å². The van der Waals surface area contributed by atoms with E-state index in [2.05, 4.69) is 0 Å². The third-order valence-corrected chi connectivity index (χ3v) is 2.85. The van der Waals surface area contributed by atoms with Gasteiger partial charge in [-0.25, -0.2) is 9.59 Å². The van der Waals surface area contributed by atoms with E-state index in [1.165, 1.54) is 0 Å². The summed E-state index contributed by atoms with van der Waals surface area (Å²) < 4.78 is 5.37. The zero-order valence-corrected chi connectivity index (χ0v) is 7.61. The summed E-state index contributed by atoms with van der Waals surface area (Å²) in [6.07, 6.45) is 0.633.